The normalized spacial score (nSPS) is 13.1. The molecule has 0 saturated carbocycles. The molecule has 2 atom stereocenters. The molecule has 2 unspecified atom stereocenters. The summed E-state index contributed by atoms with van der Waals surface area (Å²) in [5, 5.41) is 16.6. The SMILES string of the molecule is CCNC(=NCC(O)c1ccc(OC)c(OC)c1)NC(C)c1ccc(F)cc1F.I. The Morgan fingerprint density at radius 1 is 1.10 bits per heavy atom. The van der Waals surface area contributed by atoms with Crippen molar-refractivity contribution in [3.05, 3.63) is 59.2 Å². The predicted octanol–water partition coefficient (Wildman–Crippen LogP) is 3.95. The average molecular weight is 535 g/mol. The van der Waals surface area contributed by atoms with Gasteiger partial charge in [-0.3, -0.25) is 4.99 Å². The highest BCUT2D eigenvalue weighted by Gasteiger charge is 2.15. The van der Waals surface area contributed by atoms with Crippen LogP contribution in [0.25, 0.3) is 0 Å². The summed E-state index contributed by atoms with van der Waals surface area (Å²) in [5.74, 6) is 0.224. The molecule has 6 nitrogen and oxygen atoms in total. The van der Waals surface area contributed by atoms with Gasteiger partial charge in [-0.15, -0.1) is 24.0 Å². The van der Waals surface area contributed by atoms with Crippen LogP contribution in [0.1, 0.15) is 37.1 Å². The highest BCUT2D eigenvalue weighted by molar-refractivity contribution is 14.0. The molecule has 2 aromatic carbocycles. The number of aliphatic hydroxyl groups is 1. The topological polar surface area (TPSA) is 75.1 Å². The third kappa shape index (κ3) is 6.98. The minimum absolute atomic E-state index is 0. The number of methoxy groups -OCH3 is 2. The summed E-state index contributed by atoms with van der Waals surface area (Å²) >= 11 is 0. The van der Waals surface area contributed by atoms with Crippen molar-refractivity contribution in [3.63, 3.8) is 0 Å². The van der Waals surface area contributed by atoms with E-state index in [4.69, 9.17) is 9.47 Å². The van der Waals surface area contributed by atoms with Crippen LogP contribution in [-0.2, 0) is 0 Å². The van der Waals surface area contributed by atoms with Crippen molar-refractivity contribution < 1.29 is 23.4 Å². The van der Waals surface area contributed by atoms with Crippen molar-refractivity contribution in [2.45, 2.75) is 26.0 Å². The second-order valence-electron chi connectivity index (χ2n) is 6.38. The van der Waals surface area contributed by atoms with E-state index in [0.29, 0.717) is 35.1 Å². The van der Waals surface area contributed by atoms with Crippen molar-refractivity contribution in [1.29, 1.82) is 0 Å². The molecule has 0 aliphatic carbocycles. The number of halogens is 3. The summed E-state index contributed by atoms with van der Waals surface area (Å²) in [6.07, 6.45) is -0.872. The summed E-state index contributed by atoms with van der Waals surface area (Å²) in [6.45, 7) is 4.29. The van der Waals surface area contributed by atoms with E-state index in [1.165, 1.54) is 26.4 Å². The van der Waals surface area contributed by atoms with Gasteiger partial charge >= 0.3 is 0 Å². The molecule has 0 heterocycles. The molecule has 0 spiro atoms. The first-order chi connectivity index (χ1) is 13.9. The summed E-state index contributed by atoms with van der Waals surface area (Å²) in [5.41, 5.74) is 0.942. The molecule has 0 fully saturated rings. The lowest BCUT2D eigenvalue weighted by atomic mass is 10.1. The highest BCUT2D eigenvalue weighted by atomic mass is 127. The minimum atomic E-state index is -0.872. The maximum atomic E-state index is 14.0. The Hall–Kier alpha value is -2.14. The molecule has 9 heteroatoms. The molecule has 166 valence electrons. The lowest BCUT2D eigenvalue weighted by Gasteiger charge is -2.19. The van der Waals surface area contributed by atoms with Gasteiger partial charge in [0.05, 0.1) is 32.9 Å². The van der Waals surface area contributed by atoms with Crippen LogP contribution in [0, 0.1) is 11.6 Å². The Balaban J connectivity index is 0.00000450. The van der Waals surface area contributed by atoms with E-state index in [1.54, 1.807) is 25.1 Å². The first-order valence-electron chi connectivity index (χ1n) is 9.29. The Kier molecular flexibility index (Phi) is 10.8. The highest BCUT2D eigenvalue weighted by Crippen LogP contribution is 2.30. The van der Waals surface area contributed by atoms with Crippen LogP contribution in [0.2, 0.25) is 0 Å². The number of guanidine groups is 1. The Bertz CT molecular complexity index is 852. The zero-order chi connectivity index (χ0) is 21.4. The summed E-state index contributed by atoms with van der Waals surface area (Å²) in [6, 6.07) is 8.13. The molecule has 0 aliphatic rings. The van der Waals surface area contributed by atoms with E-state index in [0.717, 1.165) is 6.07 Å². The summed E-state index contributed by atoms with van der Waals surface area (Å²) < 4.78 is 37.6. The summed E-state index contributed by atoms with van der Waals surface area (Å²) in [4.78, 5) is 4.38. The fraction of sp³-hybridized carbons (Fsp3) is 0.381. The lowest BCUT2D eigenvalue weighted by Crippen LogP contribution is -2.39. The number of nitrogens with zero attached hydrogens (tertiary/aromatic N) is 1. The van der Waals surface area contributed by atoms with E-state index >= 15 is 0 Å². The predicted molar refractivity (Wildman–Crippen MR) is 124 cm³/mol. The first-order valence-corrected chi connectivity index (χ1v) is 9.29. The zero-order valence-corrected chi connectivity index (χ0v) is 19.7. The van der Waals surface area contributed by atoms with Gasteiger partial charge in [0.15, 0.2) is 17.5 Å². The third-order valence-electron chi connectivity index (χ3n) is 4.34. The van der Waals surface area contributed by atoms with Crippen LogP contribution in [0.15, 0.2) is 41.4 Å². The number of aliphatic hydroxyl groups excluding tert-OH is 1. The third-order valence-corrected chi connectivity index (χ3v) is 4.34. The Morgan fingerprint density at radius 3 is 2.40 bits per heavy atom. The molecule has 2 aromatic rings. The molecule has 0 aromatic heterocycles. The molecule has 0 bridgehead atoms. The van der Waals surface area contributed by atoms with Crippen LogP contribution in [0.4, 0.5) is 8.78 Å². The van der Waals surface area contributed by atoms with E-state index in [9.17, 15) is 13.9 Å². The van der Waals surface area contributed by atoms with Crippen molar-refractivity contribution in [3.8, 4) is 11.5 Å². The lowest BCUT2D eigenvalue weighted by molar-refractivity contribution is 0.186. The van der Waals surface area contributed by atoms with E-state index in [-0.39, 0.29) is 30.5 Å². The minimum Gasteiger partial charge on any atom is -0.493 e. The Morgan fingerprint density at radius 2 is 1.80 bits per heavy atom. The van der Waals surface area contributed by atoms with Gasteiger partial charge in [0, 0.05) is 18.2 Å². The standard InChI is InChI=1S/C21H27F2N3O3.HI/c1-5-24-21(26-13(2)16-8-7-15(22)11-17(16)23)25-12-18(27)14-6-9-19(28-3)20(10-14)29-4;/h6-11,13,18,27H,5,12H2,1-4H3,(H2,24,25,26);1H. The smallest absolute Gasteiger partial charge is 0.191 e. The van der Waals surface area contributed by atoms with Crippen LogP contribution in [0.3, 0.4) is 0 Å². The largest absolute Gasteiger partial charge is 0.493 e. The number of benzene rings is 2. The Labute approximate surface area is 192 Å². The summed E-state index contributed by atoms with van der Waals surface area (Å²) in [7, 11) is 3.06. The number of ether oxygens (including phenoxy) is 2. The van der Waals surface area contributed by atoms with Gasteiger partial charge in [0.25, 0.3) is 0 Å². The molecule has 0 saturated heterocycles. The van der Waals surface area contributed by atoms with Crippen LogP contribution >= 0.6 is 24.0 Å². The van der Waals surface area contributed by atoms with Crippen molar-refractivity contribution in [2.75, 3.05) is 27.3 Å². The average Bonchev–Trinajstić information content (AvgIpc) is 2.71. The maximum absolute atomic E-state index is 14.0. The van der Waals surface area contributed by atoms with Gasteiger partial charge in [-0.05, 0) is 37.6 Å². The molecular formula is C21H28F2IN3O3. The van der Waals surface area contributed by atoms with Crippen LogP contribution in [0.5, 0.6) is 11.5 Å². The molecule has 0 radical (unpaired) electrons. The van der Waals surface area contributed by atoms with E-state index < -0.39 is 23.8 Å². The van der Waals surface area contributed by atoms with Gasteiger partial charge < -0.3 is 25.2 Å². The monoisotopic (exact) mass is 535 g/mol. The van der Waals surface area contributed by atoms with Crippen LogP contribution < -0.4 is 20.1 Å². The van der Waals surface area contributed by atoms with E-state index in [2.05, 4.69) is 15.6 Å². The number of nitrogens with one attached hydrogen (secondary N) is 2. The molecule has 30 heavy (non-hydrogen) atoms. The molecular weight excluding hydrogens is 507 g/mol. The van der Waals surface area contributed by atoms with Gasteiger partial charge in [-0.25, -0.2) is 8.78 Å². The van der Waals surface area contributed by atoms with Crippen molar-refractivity contribution in [2.24, 2.45) is 4.99 Å². The number of hydrogen-bond donors (Lipinski definition) is 3. The second kappa shape index (κ2) is 12.5. The molecule has 2 rings (SSSR count). The molecule has 0 aliphatic heterocycles. The van der Waals surface area contributed by atoms with E-state index in [1.807, 2.05) is 6.92 Å². The molecule has 3 N–H and O–H groups in total. The molecule has 0 amide bonds. The van der Waals surface area contributed by atoms with Crippen molar-refractivity contribution in [1.82, 2.24) is 10.6 Å². The maximum Gasteiger partial charge on any atom is 0.191 e. The number of aliphatic imine (C=N–C) groups is 1. The number of hydrogen-bond acceptors (Lipinski definition) is 4. The van der Waals surface area contributed by atoms with Crippen LogP contribution in [-0.4, -0.2) is 38.4 Å². The quantitative estimate of drug-likeness (QED) is 0.271. The fourth-order valence-corrected chi connectivity index (χ4v) is 2.80. The number of rotatable bonds is 8. The zero-order valence-electron chi connectivity index (χ0n) is 17.4. The first kappa shape index (κ1) is 25.9. The van der Waals surface area contributed by atoms with Gasteiger partial charge in [0.1, 0.15) is 11.6 Å². The second-order valence-corrected chi connectivity index (χ2v) is 6.38. The van der Waals surface area contributed by atoms with Crippen molar-refractivity contribution >= 4 is 29.9 Å². The van der Waals surface area contributed by atoms with Gasteiger partial charge in [-0.1, -0.05) is 12.1 Å². The van der Waals surface area contributed by atoms with Gasteiger partial charge in [-0.2, -0.15) is 0 Å². The fourth-order valence-electron chi connectivity index (χ4n) is 2.80. The van der Waals surface area contributed by atoms with Gasteiger partial charge in [0.2, 0.25) is 0 Å².